The Morgan fingerprint density at radius 2 is 1.63 bits per heavy atom. The molecule has 0 spiro atoms. The van der Waals surface area contributed by atoms with E-state index < -0.39 is 11.4 Å². The van der Waals surface area contributed by atoms with E-state index in [2.05, 4.69) is 0 Å². The third-order valence-corrected chi connectivity index (χ3v) is 3.79. The van der Waals surface area contributed by atoms with Crippen LogP contribution in [0, 0.1) is 5.82 Å². The van der Waals surface area contributed by atoms with Crippen LogP contribution in [0.1, 0.15) is 0 Å². The number of benzene rings is 2. The third kappa shape index (κ3) is 2.27. The van der Waals surface area contributed by atoms with Gasteiger partial charge in [-0.2, -0.15) is 4.39 Å². The highest BCUT2D eigenvalue weighted by Gasteiger charge is 2.15. The summed E-state index contributed by atoms with van der Waals surface area (Å²) < 4.78 is 18.9. The summed E-state index contributed by atoms with van der Waals surface area (Å²) >= 11 is 1.22. The molecule has 1 aromatic heterocycles. The fourth-order valence-corrected chi connectivity index (χ4v) is 2.79. The molecule has 0 atom stereocenters. The van der Waals surface area contributed by atoms with Gasteiger partial charge < -0.3 is 4.42 Å². The van der Waals surface area contributed by atoms with Crippen LogP contribution < -0.4 is 5.63 Å². The van der Waals surface area contributed by atoms with Crippen molar-refractivity contribution in [1.82, 2.24) is 0 Å². The Hall–Kier alpha value is -2.07. The molecule has 1 heterocycles. The molecule has 0 fully saturated rings. The van der Waals surface area contributed by atoms with Crippen molar-refractivity contribution < 1.29 is 8.81 Å². The first-order valence-corrected chi connectivity index (χ1v) is 6.51. The van der Waals surface area contributed by atoms with Gasteiger partial charge in [-0.1, -0.05) is 42.1 Å². The lowest BCUT2D eigenvalue weighted by atomic mass is 10.2. The van der Waals surface area contributed by atoms with Crippen molar-refractivity contribution in [3.63, 3.8) is 0 Å². The molecule has 4 heteroatoms. The summed E-state index contributed by atoms with van der Waals surface area (Å²) in [5.41, 5.74) is -0.538. The number of halogens is 1. The molecule has 3 aromatic rings. The molecule has 0 unspecified atom stereocenters. The Labute approximate surface area is 112 Å². The number of rotatable bonds is 2. The Morgan fingerprint density at radius 1 is 0.947 bits per heavy atom. The van der Waals surface area contributed by atoms with Crippen molar-refractivity contribution in [3.8, 4) is 0 Å². The summed E-state index contributed by atoms with van der Waals surface area (Å²) in [5.74, 6) is -0.840. The maximum atomic E-state index is 14.0. The van der Waals surface area contributed by atoms with Crippen LogP contribution in [-0.4, -0.2) is 0 Å². The Balaban J connectivity index is 2.22. The van der Waals surface area contributed by atoms with E-state index in [9.17, 15) is 9.18 Å². The first kappa shape index (κ1) is 12.0. The zero-order chi connectivity index (χ0) is 13.2. The lowest BCUT2D eigenvalue weighted by molar-refractivity contribution is 0.473. The highest BCUT2D eigenvalue weighted by molar-refractivity contribution is 7.99. The minimum atomic E-state index is -0.933. The van der Waals surface area contributed by atoms with Gasteiger partial charge in [0.2, 0.25) is 5.82 Å². The van der Waals surface area contributed by atoms with Gasteiger partial charge in [0.15, 0.2) is 0 Å². The van der Waals surface area contributed by atoms with Gasteiger partial charge in [0.05, 0.1) is 4.90 Å². The van der Waals surface area contributed by atoms with Crippen molar-refractivity contribution in [1.29, 1.82) is 0 Å². The molecule has 94 valence electrons. The molecule has 0 radical (unpaired) electrons. The van der Waals surface area contributed by atoms with Gasteiger partial charge in [0, 0.05) is 10.3 Å². The molecular weight excluding hydrogens is 263 g/mol. The number of para-hydroxylation sites is 1. The summed E-state index contributed by atoms with van der Waals surface area (Å²) in [4.78, 5) is 12.7. The molecule has 0 saturated carbocycles. The standard InChI is InChI=1S/C15H9FO2S/c16-13-14(19-10-6-2-1-3-7-10)11-8-4-5-9-12(11)18-15(13)17/h1-9H. The predicted molar refractivity (Wildman–Crippen MR) is 73.0 cm³/mol. The average Bonchev–Trinajstić information content (AvgIpc) is 2.45. The second-order valence-electron chi connectivity index (χ2n) is 3.94. The molecule has 0 saturated heterocycles. The zero-order valence-electron chi connectivity index (χ0n) is 9.80. The second kappa shape index (κ2) is 4.90. The summed E-state index contributed by atoms with van der Waals surface area (Å²) in [7, 11) is 0. The highest BCUT2D eigenvalue weighted by Crippen LogP contribution is 2.34. The van der Waals surface area contributed by atoms with Crippen LogP contribution in [0.25, 0.3) is 11.0 Å². The van der Waals surface area contributed by atoms with Gasteiger partial charge in [-0.05, 0) is 24.3 Å². The molecular formula is C15H9FO2S. The van der Waals surface area contributed by atoms with Crippen molar-refractivity contribution in [3.05, 3.63) is 70.8 Å². The van der Waals surface area contributed by atoms with Gasteiger partial charge in [-0.3, -0.25) is 0 Å². The monoisotopic (exact) mass is 272 g/mol. The van der Waals surface area contributed by atoms with Gasteiger partial charge in [0.25, 0.3) is 0 Å². The smallest absolute Gasteiger partial charge is 0.373 e. The van der Waals surface area contributed by atoms with E-state index in [0.717, 1.165) is 4.90 Å². The van der Waals surface area contributed by atoms with Crippen LogP contribution in [0.15, 0.2) is 73.6 Å². The minimum absolute atomic E-state index is 0.304. The van der Waals surface area contributed by atoms with Gasteiger partial charge in [-0.25, -0.2) is 4.79 Å². The van der Waals surface area contributed by atoms with Crippen LogP contribution in [0.3, 0.4) is 0 Å². The normalized spacial score (nSPS) is 10.8. The van der Waals surface area contributed by atoms with E-state index in [1.807, 2.05) is 30.3 Å². The van der Waals surface area contributed by atoms with E-state index in [-0.39, 0.29) is 0 Å². The molecule has 0 aliphatic rings. The average molecular weight is 272 g/mol. The quantitative estimate of drug-likeness (QED) is 0.658. The molecule has 3 rings (SSSR count). The summed E-state index contributed by atoms with van der Waals surface area (Å²) in [6.45, 7) is 0. The van der Waals surface area contributed by atoms with Crippen LogP contribution >= 0.6 is 11.8 Å². The minimum Gasteiger partial charge on any atom is -0.421 e. The molecule has 2 aromatic carbocycles. The van der Waals surface area contributed by atoms with Crippen molar-refractivity contribution in [2.75, 3.05) is 0 Å². The predicted octanol–water partition coefficient (Wildman–Crippen LogP) is 4.08. The zero-order valence-corrected chi connectivity index (χ0v) is 10.6. The lowest BCUT2D eigenvalue weighted by Gasteiger charge is -2.06. The molecule has 19 heavy (non-hydrogen) atoms. The molecule has 2 nitrogen and oxygen atoms in total. The van der Waals surface area contributed by atoms with E-state index >= 15 is 0 Å². The largest absolute Gasteiger partial charge is 0.421 e. The number of fused-ring (bicyclic) bond motifs is 1. The van der Waals surface area contributed by atoms with E-state index in [4.69, 9.17) is 4.42 Å². The Kier molecular flexibility index (Phi) is 3.09. The van der Waals surface area contributed by atoms with Crippen molar-refractivity contribution in [2.45, 2.75) is 9.79 Å². The fourth-order valence-electron chi connectivity index (χ4n) is 1.81. The van der Waals surface area contributed by atoms with Crippen LogP contribution in [-0.2, 0) is 0 Å². The van der Waals surface area contributed by atoms with Gasteiger partial charge >= 0.3 is 5.63 Å². The topological polar surface area (TPSA) is 30.2 Å². The van der Waals surface area contributed by atoms with E-state index in [1.165, 1.54) is 11.8 Å². The SMILES string of the molecule is O=c1oc2ccccc2c(Sc2ccccc2)c1F. The molecule has 0 aliphatic heterocycles. The highest BCUT2D eigenvalue weighted by atomic mass is 32.2. The lowest BCUT2D eigenvalue weighted by Crippen LogP contribution is -2.06. The van der Waals surface area contributed by atoms with Gasteiger partial charge in [-0.15, -0.1) is 0 Å². The molecule has 0 aliphatic carbocycles. The summed E-state index contributed by atoms with van der Waals surface area (Å²) in [5, 5.41) is 0.605. The molecule has 0 N–H and O–H groups in total. The van der Waals surface area contributed by atoms with Crippen molar-refractivity contribution in [2.24, 2.45) is 0 Å². The number of hydrogen-bond acceptors (Lipinski definition) is 3. The van der Waals surface area contributed by atoms with E-state index in [0.29, 0.717) is 15.9 Å². The van der Waals surface area contributed by atoms with Gasteiger partial charge in [0.1, 0.15) is 5.58 Å². The van der Waals surface area contributed by atoms with Crippen LogP contribution in [0.2, 0.25) is 0 Å². The van der Waals surface area contributed by atoms with E-state index in [1.54, 1.807) is 24.3 Å². The Morgan fingerprint density at radius 3 is 2.42 bits per heavy atom. The molecule has 0 bridgehead atoms. The Bertz CT molecular complexity index is 781. The number of hydrogen-bond donors (Lipinski definition) is 0. The first-order chi connectivity index (χ1) is 9.25. The maximum Gasteiger partial charge on any atom is 0.373 e. The van der Waals surface area contributed by atoms with Crippen LogP contribution in [0.4, 0.5) is 4.39 Å². The first-order valence-electron chi connectivity index (χ1n) is 5.70. The summed E-state index contributed by atoms with van der Waals surface area (Å²) in [6, 6.07) is 16.3. The molecule has 0 amide bonds. The fraction of sp³-hybridized carbons (Fsp3) is 0. The van der Waals surface area contributed by atoms with Crippen LogP contribution in [0.5, 0.6) is 0 Å². The maximum absolute atomic E-state index is 14.0. The van der Waals surface area contributed by atoms with Crippen molar-refractivity contribution >= 4 is 22.7 Å². The second-order valence-corrected chi connectivity index (χ2v) is 5.03. The summed E-state index contributed by atoms with van der Waals surface area (Å²) in [6.07, 6.45) is 0. The third-order valence-electron chi connectivity index (χ3n) is 2.68.